The summed E-state index contributed by atoms with van der Waals surface area (Å²) in [5.41, 5.74) is 5.22. The van der Waals surface area contributed by atoms with Crippen LogP contribution in [-0.2, 0) is 18.9 Å². The van der Waals surface area contributed by atoms with Crippen molar-refractivity contribution in [2.45, 2.75) is 32.2 Å². The molecule has 0 spiro atoms. The summed E-state index contributed by atoms with van der Waals surface area (Å²) in [6.45, 7) is 1.31. The summed E-state index contributed by atoms with van der Waals surface area (Å²) in [6, 6.07) is -1.25. The maximum absolute atomic E-state index is 11.9. The highest BCUT2D eigenvalue weighted by Crippen LogP contribution is 2.44. The van der Waals surface area contributed by atoms with Gasteiger partial charge >= 0.3 is 11.9 Å². The van der Waals surface area contributed by atoms with Gasteiger partial charge in [-0.15, -0.1) is 0 Å². The van der Waals surface area contributed by atoms with E-state index in [1.54, 1.807) is 0 Å². The van der Waals surface area contributed by atoms with E-state index in [0.29, 0.717) is 0 Å². The highest BCUT2D eigenvalue weighted by Gasteiger charge is 2.29. The van der Waals surface area contributed by atoms with Crippen molar-refractivity contribution in [3.8, 4) is 0 Å². The molecule has 0 saturated heterocycles. The van der Waals surface area contributed by atoms with Crippen molar-refractivity contribution in [2.24, 2.45) is 11.7 Å². The van der Waals surface area contributed by atoms with Crippen LogP contribution in [0.1, 0.15) is 26.2 Å². The number of aliphatic carboxylic acids is 2. The molecular formula is C11H20NO7P. The largest absolute Gasteiger partial charge is 0.481 e. The fraction of sp³-hybridized carbons (Fsp3) is 0.727. The van der Waals surface area contributed by atoms with Crippen LogP contribution in [0.15, 0.2) is 0 Å². The lowest BCUT2D eigenvalue weighted by Gasteiger charge is -2.17. The van der Waals surface area contributed by atoms with Crippen molar-refractivity contribution in [1.82, 2.24) is 0 Å². The summed E-state index contributed by atoms with van der Waals surface area (Å²) in [5.74, 6) is -3.83. The molecule has 3 atom stereocenters. The monoisotopic (exact) mass is 309 g/mol. The van der Waals surface area contributed by atoms with Gasteiger partial charge in [0.1, 0.15) is 11.8 Å². The summed E-state index contributed by atoms with van der Waals surface area (Å²) in [4.78, 5) is 42.0. The fourth-order valence-corrected chi connectivity index (χ4v) is 3.46. The lowest BCUT2D eigenvalue weighted by Crippen LogP contribution is -2.31. The minimum atomic E-state index is -3.79. The highest BCUT2D eigenvalue weighted by molar-refractivity contribution is 7.58. The average molecular weight is 309 g/mol. The topological polar surface area (TPSA) is 155 Å². The van der Waals surface area contributed by atoms with Gasteiger partial charge in [0.15, 0.2) is 0 Å². The number of carbonyl (C=O) groups is 3. The van der Waals surface area contributed by atoms with Gasteiger partial charge in [-0.2, -0.15) is 0 Å². The number of hydrogen-bond donors (Lipinski definition) is 4. The molecule has 0 aliphatic rings. The highest BCUT2D eigenvalue weighted by atomic mass is 31.2. The third-order valence-electron chi connectivity index (χ3n) is 2.81. The van der Waals surface area contributed by atoms with E-state index < -0.39 is 37.4 Å². The van der Waals surface area contributed by atoms with Gasteiger partial charge in [0.25, 0.3) is 0 Å². The number of carboxylic acids is 2. The van der Waals surface area contributed by atoms with Crippen molar-refractivity contribution in [2.75, 3.05) is 12.3 Å². The van der Waals surface area contributed by atoms with Crippen molar-refractivity contribution < 1.29 is 34.1 Å². The standard InChI is InChI=1S/C11H20NO7P/c1-7(13)2-3-8(10(14)15)6-20(18,19)5-4-9(12)11(16)17/h8-9H,2-6,12H2,1H3,(H,14,15)(H,16,17)(H,18,19). The van der Waals surface area contributed by atoms with Crippen molar-refractivity contribution in [3.05, 3.63) is 0 Å². The molecule has 3 unspecified atom stereocenters. The Morgan fingerprint density at radius 3 is 2.10 bits per heavy atom. The molecule has 0 heterocycles. The van der Waals surface area contributed by atoms with Crippen LogP contribution >= 0.6 is 7.37 Å². The maximum atomic E-state index is 11.9. The second-order valence-corrected chi connectivity index (χ2v) is 7.27. The molecule has 0 aliphatic heterocycles. The molecule has 0 aromatic heterocycles. The molecule has 0 bridgehead atoms. The predicted octanol–water partition coefficient (Wildman–Crippen LogP) is 0.129. The van der Waals surface area contributed by atoms with Gasteiger partial charge in [-0.1, -0.05) is 0 Å². The predicted molar refractivity (Wildman–Crippen MR) is 70.8 cm³/mol. The Labute approximate surface area is 116 Å². The number of nitrogens with two attached hydrogens (primary N) is 1. The molecule has 20 heavy (non-hydrogen) atoms. The quantitative estimate of drug-likeness (QED) is 0.415. The SMILES string of the molecule is CC(=O)CCC(CP(=O)(O)CCC(N)C(=O)O)C(=O)O. The van der Waals surface area contributed by atoms with Gasteiger partial charge in [-0.25, -0.2) is 0 Å². The Bertz CT molecular complexity index is 423. The summed E-state index contributed by atoms with van der Waals surface area (Å²) in [6.07, 6.45) is -1.04. The van der Waals surface area contributed by atoms with Gasteiger partial charge in [-0.05, 0) is 19.8 Å². The van der Waals surface area contributed by atoms with E-state index in [1.807, 2.05) is 0 Å². The lowest BCUT2D eigenvalue weighted by atomic mass is 10.0. The summed E-state index contributed by atoms with van der Waals surface area (Å²) >= 11 is 0. The van der Waals surface area contributed by atoms with Crippen LogP contribution in [0.4, 0.5) is 0 Å². The van der Waals surface area contributed by atoms with Crippen LogP contribution in [0, 0.1) is 5.92 Å². The molecular weight excluding hydrogens is 289 g/mol. The molecule has 0 radical (unpaired) electrons. The third kappa shape index (κ3) is 8.04. The Morgan fingerprint density at radius 2 is 1.70 bits per heavy atom. The van der Waals surface area contributed by atoms with Crippen LogP contribution in [0.3, 0.4) is 0 Å². The van der Waals surface area contributed by atoms with E-state index >= 15 is 0 Å². The number of rotatable bonds is 10. The van der Waals surface area contributed by atoms with E-state index in [2.05, 4.69) is 0 Å². The molecule has 116 valence electrons. The number of hydrogen-bond acceptors (Lipinski definition) is 5. The summed E-state index contributed by atoms with van der Waals surface area (Å²) in [5, 5.41) is 17.5. The van der Waals surface area contributed by atoms with Gasteiger partial charge in [0.2, 0.25) is 7.37 Å². The molecule has 0 saturated carbocycles. The smallest absolute Gasteiger partial charge is 0.320 e. The second-order valence-electron chi connectivity index (χ2n) is 4.76. The van der Waals surface area contributed by atoms with Gasteiger partial charge in [-0.3, -0.25) is 14.2 Å². The zero-order valence-electron chi connectivity index (χ0n) is 11.2. The Hall–Kier alpha value is -1.24. The van der Waals surface area contributed by atoms with Gasteiger partial charge < -0.3 is 25.6 Å². The van der Waals surface area contributed by atoms with Gasteiger partial charge in [0.05, 0.1) is 5.92 Å². The molecule has 0 aromatic rings. The van der Waals surface area contributed by atoms with Crippen LogP contribution in [0.2, 0.25) is 0 Å². The average Bonchev–Trinajstić information content (AvgIpc) is 2.30. The minimum Gasteiger partial charge on any atom is -0.481 e. The van der Waals surface area contributed by atoms with E-state index in [1.165, 1.54) is 6.92 Å². The first-order valence-corrected chi connectivity index (χ1v) is 8.09. The minimum absolute atomic E-state index is 0.0137. The van der Waals surface area contributed by atoms with E-state index in [0.717, 1.165) is 0 Å². The number of ketones is 1. The lowest BCUT2D eigenvalue weighted by molar-refractivity contribution is -0.141. The van der Waals surface area contributed by atoms with Crippen LogP contribution < -0.4 is 5.73 Å². The number of carbonyl (C=O) groups excluding carboxylic acids is 1. The van der Waals surface area contributed by atoms with Crippen LogP contribution in [0.25, 0.3) is 0 Å². The summed E-state index contributed by atoms with van der Waals surface area (Å²) < 4.78 is 11.9. The Balaban J connectivity index is 4.51. The molecule has 0 fully saturated rings. The molecule has 0 amide bonds. The zero-order valence-corrected chi connectivity index (χ0v) is 12.1. The molecule has 0 aliphatic carbocycles. The zero-order chi connectivity index (χ0) is 15.9. The first kappa shape index (κ1) is 18.8. The third-order valence-corrected chi connectivity index (χ3v) is 4.77. The van der Waals surface area contributed by atoms with Crippen molar-refractivity contribution in [3.63, 3.8) is 0 Å². The first-order valence-electron chi connectivity index (χ1n) is 6.06. The van der Waals surface area contributed by atoms with Gasteiger partial charge in [0, 0.05) is 18.7 Å². The number of Topliss-reactive ketones (excluding diaryl/α,β-unsaturated/α-hetero) is 1. The van der Waals surface area contributed by atoms with Crippen LogP contribution in [-0.4, -0.2) is 51.2 Å². The van der Waals surface area contributed by atoms with E-state index in [4.69, 9.17) is 15.9 Å². The Kier molecular flexibility index (Phi) is 7.63. The Morgan fingerprint density at radius 1 is 1.15 bits per heavy atom. The first-order chi connectivity index (χ1) is 9.05. The maximum Gasteiger partial charge on any atom is 0.320 e. The summed E-state index contributed by atoms with van der Waals surface area (Å²) in [7, 11) is -3.79. The van der Waals surface area contributed by atoms with Crippen LogP contribution in [0.5, 0.6) is 0 Å². The number of carboxylic acid groups (broad SMARTS) is 2. The molecule has 0 aromatic carbocycles. The second kappa shape index (κ2) is 8.14. The van der Waals surface area contributed by atoms with E-state index in [-0.39, 0.29) is 31.2 Å². The molecule has 0 rings (SSSR count). The van der Waals surface area contributed by atoms with E-state index in [9.17, 15) is 23.8 Å². The molecule has 9 heteroatoms. The van der Waals surface area contributed by atoms with Crippen molar-refractivity contribution >= 4 is 25.1 Å². The molecule has 8 nitrogen and oxygen atoms in total. The van der Waals surface area contributed by atoms with Crippen molar-refractivity contribution in [1.29, 1.82) is 0 Å². The molecule has 5 N–H and O–H groups in total. The fourth-order valence-electron chi connectivity index (χ4n) is 1.57. The normalized spacial score (nSPS) is 16.9.